The Bertz CT molecular complexity index is 551. The van der Waals surface area contributed by atoms with Crippen molar-refractivity contribution in [1.82, 2.24) is 5.32 Å². The maximum atomic E-state index is 6.04. The molecule has 4 heteroatoms. The predicted molar refractivity (Wildman–Crippen MR) is 80.1 cm³/mol. The molecule has 1 heterocycles. The van der Waals surface area contributed by atoms with E-state index in [1.165, 1.54) is 0 Å². The van der Waals surface area contributed by atoms with E-state index in [9.17, 15) is 0 Å². The maximum absolute atomic E-state index is 6.04. The van der Waals surface area contributed by atoms with Gasteiger partial charge in [-0.25, -0.2) is 0 Å². The van der Waals surface area contributed by atoms with Gasteiger partial charge in [-0.2, -0.15) is 0 Å². The van der Waals surface area contributed by atoms with E-state index in [0.29, 0.717) is 10.0 Å². The molecule has 0 aliphatic heterocycles. The lowest BCUT2D eigenvalue weighted by molar-refractivity contribution is 0.407. The largest absolute Gasteiger partial charge is 0.464 e. The van der Waals surface area contributed by atoms with Crippen molar-refractivity contribution in [3.8, 4) is 0 Å². The normalized spacial score (nSPS) is 12.6. The summed E-state index contributed by atoms with van der Waals surface area (Å²) in [7, 11) is 1.93. The van der Waals surface area contributed by atoms with Crippen LogP contribution in [0.15, 0.2) is 34.7 Å². The molecule has 2 rings (SSSR count). The predicted octanol–water partition coefficient (Wildman–Crippen LogP) is 4.65. The molecule has 0 amide bonds. The number of halogens is 2. The topological polar surface area (TPSA) is 25.2 Å². The van der Waals surface area contributed by atoms with E-state index in [2.05, 4.69) is 12.2 Å². The van der Waals surface area contributed by atoms with E-state index in [1.54, 1.807) is 0 Å². The van der Waals surface area contributed by atoms with E-state index >= 15 is 0 Å². The molecule has 2 nitrogen and oxygen atoms in total. The molecule has 0 aliphatic rings. The van der Waals surface area contributed by atoms with Gasteiger partial charge in [0.2, 0.25) is 0 Å². The first-order valence-electron chi connectivity index (χ1n) is 6.33. The number of aryl methyl sites for hydroxylation is 1. The Hall–Kier alpha value is -0.960. The first-order chi connectivity index (χ1) is 9.13. The fourth-order valence-corrected chi connectivity index (χ4v) is 2.34. The number of rotatable bonds is 5. The van der Waals surface area contributed by atoms with Crippen molar-refractivity contribution in [1.29, 1.82) is 0 Å². The minimum Gasteiger partial charge on any atom is -0.464 e. The molecule has 0 spiro atoms. The number of likely N-dealkylation sites (N-methyl/N-ethyl adjacent to an activating group) is 1. The third kappa shape index (κ3) is 3.53. The third-order valence-electron chi connectivity index (χ3n) is 3.15. The number of hydrogen-bond donors (Lipinski definition) is 1. The van der Waals surface area contributed by atoms with Gasteiger partial charge in [0.15, 0.2) is 0 Å². The Labute approximate surface area is 123 Å². The molecular weight excluding hydrogens is 281 g/mol. The highest BCUT2D eigenvalue weighted by Crippen LogP contribution is 2.26. The molecule has 0 saturated heterocycles. The van der Waals surface area contributed by atoms with E-state index in [1.807, 2.05) is 37.4 Å². The smallest absolute Gasteiger partial charge is 0.121 e. The van der Waals surface area contributed by atoms with Crippen molar-refractivity contribution < 1.29 is 4.42 Å². The van der Waals surface area contributed by atoms with Crippen LogP contribution in [0.3, 0.4) is 0 Å². The van der Waals surface area contributed by atoms with Crippen molar-refractivity contribution >= 4 is 23.2 Å². The molecular formula is C15H17Cl2NO. The summed E-state index contributed by atoms with van der Waals surface area (Å²) >= 11 is 12.0. The number of furan rings is 1. The van der Waals surface area contributed by atoms with Crippen LogP contribution in [-0.4, -0.2) is 7.05 Å². The SMILES string of the molecule is CCc1ccc(C(Cc2ccc(Cl)c(Cl)c2)NC)o1. The zero-order valence-corrected chi connectivity index (χ0v) is 12.6. The summed E-state index contributed by atoms with van der Waals surface area (Å²) in [5.41, 5.74) is 1.13. The van der Waals surface area contributed by atoms with Gasteiger partial charge in [-0.05, 0) is 43.3 Å². The third-order valence-corrected chi connectivity index (χ3v) is 3.89. The van der Waals surface area contributed by atoms with Crippen molar-refractivity contribution in [3.05, 3.63) is 57.5 Å². The zero-order valence-electron chi connectivity index (χ0n) is 11.0. The average molecular weight is 298 g/mol. The highest BCUT2D eigenvalue weighted by molar-refractivity contribution is 6.42. The summed E-state index contributed by atoms with van der Waals surface area (Å²) in [6.45, 7) is 2.08. The van der Waals surface area contributed by atoms with Crippen LogP contribution in [0, 0.1) is 0 Å². The Morgan fingerprint density at radius 3 is 2.53 bits per heavy atom. The molecule has 1 aromatic heterocycles. The van der Waals surface area contributed by atoms with Crippen LogP contribution in [0.2, 0.25) is 10.0 Å². The van der Waals surface area contributed by atoms with Gasteiger partial charge < -0.3 is 9.73 Å². The molecule has 1 N–H and O–H groups in total. The van der Waals surface area contributed by atoms with E-state index in [4.69, 9.17) is 27.6 Å². The van der Waals surface area contributed by atoms with Gasteiger partial charge in [-0.1, -0.05) is 36.2 Å². The molecule has 1 aromatic carbocycles. The van der Waals surface area contributed by atoms with Crippen LogP contribution in [0.1, 0.15) is 30.0 Å². The summed E-state index contributed by atoms with van der Waals surface area (Å²) in [6.07, 6.45) is 1.72. The van der Waals surface area contributed by atoms with Gasteiger partial charge in [0.25, 0.3) is 0 Å². The molecule has 102 valence electrons. The number of hydrogen-bond acceptors (Lipinski definition) is 2. The number of benzene rings is 1. The Morgan fingerprint density at radius 1 is 1.16 bits per heavy atom. The molecule has 0 fully saturated rings. The van der Waals surface area contributed by atoms with Gasteiger partial charge in [0.1, 0.15) is 11.5 Å². The van der Waals surface area contributed by atoms with Crippen LogP contribution in [0.4, 0.5) is 0 Å². The minimum absolute atomic E-state index is 0.137. The van der Waals surface area contributed by atoms with Crippen LogP contribution in [0.5, 0.6) is 0 Å². The second-order valence-electron chi connectivity index (χ2n) is 4.45. The lowest BCUT2D eigenvalue weighted by Gasteiger charge is -2.14. The van der Waals surface area contributed by atoms with Crippen molar-refractivity contribution in [2.75, 3.05) is 7.05 Å². The molecule has 0 radical (unpaired) electrons. The standard InChI is InChI=1S/C15H17Cl2NO/c1-3-11-5-7-15(19-11)14(18-2)9-10-4-6-12(16)13(17)8-10/h4-8,14,18H,3,9H2,1-2H3. The molecule has 0 saturated carbocycles. The summed E-state index contributed by atoms with van der Waals surface area (Å²) < 4.78 is 5.79. The molecule has 0 bridgehead atoms. The van der Waals surface area contributed by atoms with Crippen LogP contribution >= 0.6 is 23.2 Å². The zero-order chi connectivity index (χ0) is 13.8. The van der Waals surface area contributed by atoms with Crippen molar-refractivity contribution in [2.24, 2.45) is 0 Å². The second kappa shape index (κ2) is 6.47. The van der Waals surface area contributed by atoms with Gasteiger partial charge in [0, 0.05) is 6.42 Å². The fourth-order valence-electron chi connectivity index (χ4n) is 2.02. The summed E-state index contributed by atoms with van der Waals surface area (Å²) in [4.78, 5) is 0. The highest BCUT2D eigenvalue weighted by Gasteiger charge is 2.14. The lowest BCUT2D eigenvalue weighted by Crippen LogP contribution is -2.18. The Morgan fingerprint density at radius 2 is 1.95 bits per heavy atom. The molecule has 2 aromatic rings. The first-order valence-corrected chi connectivity index (χ1v) is 7.09. The lowest BCUT2D eigenvalue weighted by atomic mass is 10.0. The van der Waals surface area contributed by atoms with Gasteiger partial charge in [0.05, 0.1) is 16.1 Å². The second-order valence-corrected chi connectivity index (χ2v) is 5.27. The summed E-state index contributed by atoms with van der Waals surface area (Å²) in [5.74, 6) is 1.95. The van der Waals surface area contributed by atoms with Gasteiger partial charge in [-0.15, -0.1) is 0 Å². The average Bonchev–Trinajstić information content (AvgIpc) is 2.88. The van der Waals surface area contributed by atoms with Crippen molar-refractivity contribution in [3.63, 3.8) is 0 Å². The molecule has 1 unspecified atom stereocenters. The molecule has 1 atom stereocenters. The summed E-state index contributed by atoms with van der Waals surface area (Å²) in [6, 6.07) is 9.90. The van der Waals surface area contributed by atoms with Gasteiger partial charge in [-0.3, -0.25) is 0 Å². The Balaban J connectivity index is 2.16. The van der Waals surface area contributed by atoms with Crippen LogP contribution in [0.25, 0.3) is 0 Å². The van der Waals surface area contributed by atoms with Crippen LogP contribution in [-0.2, 0) is 12.8 Å². The number of nitrogens with one attached hydrogen (secondary N) is 1. The summed E-state index contributed by atoms with van der Waals surface area (Å²) in [5, 5.41) is 4.44. The van der Waals surface area contributed by atoms with E-state index in [0.717, 1.165) is 29.9 Å². The minimum atomic E-state index is 0.137. The Kier molecular flexibility index (Phi) is 4.92. The highest BCUT2D eigenvalue weighted by atomic mass is 35.5. The first kappa shape index (κ1) is 14.4. The van der Waals surface area contributed by atoms with Gasteiger partial charge >= 0.3 is 0 Å². The van der Waals surface area contributed by atoms with E-state index < -0.39 is 0 Å². The van der Waals surface area contributed by atoms with E-state index in [-0.39, 0.29) is 6.04 Å². The fraction of sp³-hybridized carbons (Fsp3) is 0.333. The molecule has 0 aliphatic carbocycles. The monoisotopic (exact) mass is 297 g/mol. The van der Waals surface area contributed by atoms with Crippen molar-refractivity contribution in [2.45, 2.75) is 25.8 Å². The quantitative estimate of drug-likeness (QED) is 0.869. The van der Waals surface area contributed by atoms with Crippen LogP contribution < -0.4 is 5.32 Å². The maximum Gasteiger partial charge on any atom is 0.121 e. The molecule has 19 heavy (non-hydrogen) atoms.